The number of rotatable bonds is 21. The molecule has 67 heavy (non-hydrogen) atoms. The van der Waals surface area contributed by atoms with Crippen molar-refractivity contribution in [1.29, 1.82) is 5.26 Å². The van der Waals surface area contributed by atoms with E-state index in [1.807, 2.05) is 102 Å². The van der Waals surface area contributed by atoms with Gasteiger partial charge in [0.25, 0.3) is 5.91 Å². The quantitative estimate of drug-likeness (QED) is 0.0609. The van der Waals surface area contributed by atoms with Gasteiger partial charge in [0.2, 0.25) is 17.7 Å². The molecule has 1 unspecified atom stereocenters. The molecule has 0 radical (unpaired) electrons. The largest absolute Gasteiger partial charge is 0.494 e. The number of hydrogen-bond acceptors (Lipinski definition) is 11. The highest BCUT2D eigenvalue weighted by molar-refractivity contribution is 7.81. The van der Waals surface area contributed by atoms with Crippen LogP contribution in [0.25, 0.3) is 10.4 Å². The maximum atomic E-state index is 13.9. The molecule has 2 fully saturated rings. The Morgan fingerprint density at radius 2 is 1.66 bits per heavy atom. The Balaban J connectivity index is 0.831. The Kier molecular flexibility index (Phi) is 17.5. The Morgan fingerprint density at radius 1 is 0.970 bits per heavy atom. The summed E-state index contributed by atoms with van der Waals surface area (Å²) in [7, 11) is 0. The zero-order valence-electron chi connectivity index (χ0n) is 39.1. The summed E-state index contributed by atoms with van der Waals surface area (Å²) in [6, 6.07) is 20.9. The molecule has 2 saturated heterocycles. The molecule has 0 spiro atoms. The summed E-state index contributed by atoms with van der Waals surface area (Å²) in [4.78, 5) is 64.1. The number of carbonyl (C=O) groups is 4. The highest BCUT2D eigenvalue weighted by Crippen LogP contribution is 2.38. The molecular weight excluding hydrogens is 910 g/mol. The third kappa shape index (κ3) is 12.8. The lowest BCUT2D eigenvalue weighted by atomic mass is 9.85. The number of benzene rings is 3. The average Bonchev–Trinajstić information content (AvgIpc) is 4.01. The molecule has 2 aliphatic rings. The van der Waals surface area contributed by atoms with Gasteiger partial charge in [-0.05, 0) is 131 Å². The second-order valence-electron chi connectivity index (χ2n) is 18.3. The topological polar surface area (TPSA) is 166 Å². The van der Waals surface area contributed by atoms with Crippen molar-refractivity contribution in [2.24, 2.45) is 5.41 Å². The van der Waals surface area contributed by atoms with Gasteiger partial charge in [-0.3, -0.25) is 24.1 Å². The third-order valence-electron chi connectivity index (χ3n) is 11.8. The molecule has 6 rings (SSSR count). The lowest BCUT2D eigenvalue weighted by molar-refractivity contribution is -0.144. The van der Waals surface area contributed by atoms with Gasteiger partial charge in [0.1, 0.15) is 36.0 Å². The second kappa shape index (κ2) is 23.0. The number of hydrogen-bond donors (Lipinski definition) is 2. The summed E-state index contributed by atoms with van der Waals surface area (Å²) in [5.41, 5.74) is 4.88. The van der Waals surface area contributed by atoms with Gasteiger partial charge in [0, 0.05) is 38.6 Å². The van der Waals surface area contributed by atoms with Gasteiger partial charge in [-0.25, -0.2) is 4.98 Å². The molecule has 2 aliphatic heterocycles. The number of nitrogens with one attached hydrogen (secondary N) is 2. The maximum Gasteiger partial charge on any atom is 0.259 e. The van der Waals surface area contributed by atoms with Gasteiger partial charge in [-0.2, -0.15) is 5.26 Å². The summed E-state index contributed by atoms with van der Waals surface area (Å²) in [5.74, 6) is -0.366. The van der Waals surface area contributed by atoms with Crippen LogP contribution in [0.2, 0.25) is 5.02 Å². The van der Waals surface area contributed by atoms with Crippen molar-refractivity contribution in [3.05, 3.63) is 94.1 Å². The van der Waals surface area contributed by atoms with E-state index in [9.17, 15) is 24.4 Å². The van der Waals surface area contributed by atoms with Crippen molar-refractivity contribution in [2.75, 3.05) is 49.4 Å². The van der Waals surface area contributed by atoms with Crippen LogP contribution in [-0.2, 0) is 35.2 Å². The Bertz CT molecular complexity index is 2430. The number of unbranched alkanes of at least 4 members (excludes halogenated alkanes) is 2. The molecule has 1 aromatic heterocycles. The standard InChI is InChI=1S/C50H60ClN7O7S2/c1-33-43(67-32-54-33)35-15-13-34(14-16-35)30-53-45(60)41-12-10-23-56(41)46(61)44(49(2,3)4)55-42(59)31-64-26-11-25-63-24-8-7-9-27-65-39-21-19-37(20-22-39)58-48(66)57(47(62)50(58,5)6)38-18-17-36(29-52)40(51)28-38/h13-22,28,32,41,44H,7-12,23-27,30-31H2,1-6H3,(H,53,60)(H,55,59)/t41-,44?/m0/s1. The number of ether oxygens (including phenoxy) is 3. The number of nitrogens with zero attached hydrogens (tertiary/aromatic N) is 5. The van der Waals surface area contributed by atoms with Crippen LogP contribution >= 0.6 is 35.2 Å². The van der Waals surface area contributed by atoms with Crippen molar-refractivity contribution >= 4 is 75.3 Å². The molecule has 3 heterocycles. The SMILES string of the molecule is Cc1ncsc1-c1ccc(CNC(=O)[C@@H]2CCCN2C(=O)C(NC(=O)COCCCOCCCCCOc2ccc(N3C(=S)N(c4ccc(C#N)c(Cl)c4)C(=O)C3(C)C)cc2)C(C)(C)C)cc1. The van der Waals surface area contributed by atoms with Crippen molar-refractivity contribution in [1.82, 2.24) is 20.5 Å². The number of halogens is 1. The number of amides is 4. The molecule has 4 amide bonds. The van der Waals surface area contributed by atoms with Gasteiger partial charge in [0.15, 0.2) is 5.11 Å². The van der Waals surface area contributed by atoms with Crippen molar-refractivity contribution in [3.63, 3.8) is 0 Å². The lowest BCUT2D eigenvalue weighted by Crippen LogP contribution is -2.58. The van der Waals surface area contributed by atoms with Crippen LogP contribution in [0.15, 0.2) is 72.2 Å². The summed E-state index contributed by atoms with van der Waals surface area (Å²) in [5, 5.41) is 15.7. The predicted molar refractivity (Wildman–Crippen MR) is 265 cm³/mol. The van der Waals surface area contributed by atoms with Crippen molar-refractivity contribution in [2.45, 2.75) is 104 Å². The van der Waals surface area contributed by atoms with E-state index in [0.717, 1.165) is 46.6 Å². The van der Waals surface area contributed by atoms with Crippen molar-refractivity contribution in [3.8, 4) is 22.3 Å². The van der Waals surface area contributed by atoms with Gasteiger partial charge < -0.3 is 34.6 Å². The first kappa shape index (κ1) is 51.0. The molecule has 2 atom stereocenters. The molecule has 3 aromatic carbocycles. The first-order valence-corrected chi connectivity index (χ1v) is 24.3. The Labute approximate surface area is 407 Å². The minimum atomic E-state index is -0.953. The highest BCUT2D eigenvalue weighted by Gasteiger charge is 2.50. The summed E-state index contributed by atoms with van der Waals surface area (Å²) in [6.07, 6.45) is 4.51. The van der Waals surface area contributed by atoms with E-state index >= 15 is 0 Å². The smallest absolute Gasteiger partial charge is 0.259 e. The number of likely N-dealkylation sites (tertiary alicyclic amines) is 1. The number of aryl methyl sites for hydroxylation is 1. The minimum absolute atomic E-state index is 0.189. The third-order valence-corrected chi connectivity index (χ3v) is 13.4. The number of thiazole rings is 1. The zero-order chi connectivity index (χ0) is 48.3. The first-order valence-electron chi connectivity index (χ1n) is 22.6. The van der Waals surface area contributed by atoms with Crippen LogP contribution in [0.5, 0.6) is 5.75 Å². The van der Waals surface area contributed by atoms with Crippen LogP contribution in [0, 0.1) is 23.7 Å². The number of nitriles is 1. The van der Waals surface area contributed by atoms with E-state index in [0.29, 0.717) is 80.9 Å². The number of anilines is 2. The minimum Gasteiger partial charge on any atom is -0.494 e. The van der Waals surface area contributed by atoms with Crippen LogP contribution < -0.4 is 25.2 Å². The lowest BCUT2D eigenvalue weighted by Gasteiger charge is -2.35. The molecule has 0 aliphatic carbocycles. The van der Waals surface area contributed by atoms with Crippen LogP contribution in [0.4, 0.5) is 11.4 Å². The summed E-state index contributed by atoms with van der Waals surface area (Å²) >= 11 is 13.6. The van der Waals surface area contributed by atoms with E-state index in [-0.39, 0.29) is 35.3 Å². The molecular formula is C50H60ClN7O7S2. The van der Waals surface area contributed by atoms with Crippen molar-refractivity contribution < 1.29 is 33.4 Å². The van der Waals surface area contributed by atoms with E-state index in [1.165, 1.54) is 4.90 Å². The molecule has 17 heteroatoms. The van der Waals surface area contributed by atoms with Crippen LogP contribution in [0.1, 0.15) is 90.0 Å². The normalized spacial score (nSPS) is 16.3. The zero-order valence-corrected chi connectivity index (χ0v) is 41.5. The van der Waals surface area contributed by atoms with Crippen LogP contribution in [0.3, 0.4) is 0 Å². The Hall–Kier alpha value is -5.44. The van der Waals surface area contributed by atoms with E-state index in [1.54, 1.807) is 39.3 Å². The first-order chi connectivity index (χ1) is 32.0. The Morgan fingerprint density at radius 3 is 2.33 bits per heavy atom. The number of thiocarbonyl (C=S) groups is 1. The molecule has 356 valence electrons. The van der Waals surface area contributed by atoms with E-state index in [2.05, 4.69) is 15.6 Å². The fraction of sp³-hybridized carbons (Fsp3) is 0.460. The maximum absolute atomic E-state index is 13.9. The van der Waals surface area contributed by atoms with E-state index in [4.69, 9.17) is 38.0 Å². The molecule has 14 nitrogen and oxygen atoms in total. The number of carbonyl (C=O) groups excluding carboxylic acids is 4. The molecule has 2 N–H and O–H groups in total. The fourth-order valence-corrected chi connectivity index (χ4v) is 9.62. The predicted octanol–water partition coefficient (Wildman–Crippen LogP) is 8.37. The van der Waals surface area contributed by atoms with Gasteiger partial charge in [-0.15, -0.1) is 11.3 Å². The van der Waals surface area contributed by atoms with Gasteiger partial charge in [0.05, 0.1) is 39.0 Å². The van der Waals surface area contributed by atoms with Gasteiger partial charge in [-0.1, -0.05) is 56.6 Å². The average molecular weight is 971 g/mol. The monoisotopic (exact) mass is 969 g/mol. The summed E-state index contributed by atoms with van der Waals surface area (Å²) in [6.45, 7) is 13.9. The highest BCUT2D eigenvalue weighted by atomic mass is 35.5. The van der Waals surface area contributed by atoms with Crippen LogP contribution in [-0.4, -0.2) is 95.8 Å². The number of aromatic nitrogens is 1. The van der Waals surface area contributed by atoms with Gasteiger partial charge >= 0.3 is 0 Å². The molecule has 0 bridgehead atoms. The fourth-order valence-electron chi connectivity index (χ4n) is 8.06. The summed E-state index contributed by atoms with van der Waals surface area (Å²) < 4.78 is 17.4. The molecule has 0 saturated carbocycles. The molecule has 4 aromatic rings. The van der Waals surface area contributed by atoms with E-state index < -0.39 is 23.0 Å². The second-order valence-corrected chi connectivity index (χ2v) is 19.9.